The Bertz CT molecular complexity index is 307. The predicted octanol–water partition coefficient (Wildman–Crippen LogP) is 1.98. The van der Waals surface area contributed by atoms with Gasteiger partial charge in [0.25, 0.3) is 0 Å². The summed E-state index contributed by atoms with van der Waals surface area (Å²) in [7, 11) is 0. The molecular formula is C11H16N2. The Kier molecular flexibility index (Phi) is 2.32. The molecule has 0 spiro atoms. The van der Waals surface area contributed by atoms with Gasteiger partial charge in [-0.05, 0) is 37.3 Å². The summed E-state index contributed by atoms with van der Waals surface area (Å²) in [5.74, 6) is 0. The van der Waals surface area contributed by atoms with Gasteiger partial charge in [-0.25, -0.2) is 0 Å². The molecule has 1 aliphatic carbocycles. The lowest BCUT2D eigenvalue weighted by Crippen LogP contribution is -2.18. The molecule has 0 aliphatic heterocycles. The molecule has 0 saturated heterocycles. The summed E-state index contributed by atoms with van der Waals surface area (Å²) < 4.78 is 0. The molecule has 2 heteroatoms. The lowest BCUT2D eigenvalue weighted by molar-refractivity contribution is 0.558. The van der Waals surface area contributed by atoms with Crippen LogP contribution in [0, 0.1) is 0 Å². The summed E-state index contributed by atoms with van der Waals surface area (Å²) in [5, 5.41) is 0. The van der Waals surface area contributed by atoms with E-state index >= 15 is 0 Å². The number of rotatable bonds is 1. The van der Waals surface area contributed by atoms with E-state index in [-0.39, 0.29) is 6.04 Å². The van der Waals surface area contributed by atoms with Gasteiger partial charge in [0.2, 0.25) is 0 Å². The second-order valence-corrected chi connectivity index (χ2v) is 3.69. The Morgan fingerprint density at radius 3 is 3.15 bits per heavy atom. The van der Waals surface area contributed by atoms with Gasteiger partial charge in [-0.1, -0.05) is 13.0 Å². The van der Waals surface area contributed by atoms with Gasteiger partial charge in [0.15, 0.2) is 0 Å². The van der Waals surface area contributed by atoms with E-state index < -0.39 is 0 Å². The molecule has 0 fully saturated rings. The Morgan fingerprint density at radius 1 is 1.54 bits per heavy atom. The van der Waals surface area contributed by atoms with Gasteiger partial charge >= 0.3 is 0 Å². The van der Waals surface area contributed by atoms with E-state index in [1.807, 2.05) is 0 Å². The van der Waals surface area contributed by atoms with Crippen LogP contribution in [0.15, 0.2) is 12.1 Å². The van der Waals surface area contributed by atoms with Gasteiger partial charge in [0.05, 0.1) is 0 Å². The highest BCUT2D eigenvalue weighted by Crippen LogP contribution is 2.26. The smallest absolute Gasteiger partial charge is 0.0454 e. The van der Waals surface area contributed by atoms with E-state index in [4.69, 9.17) is 5.73 Å². The average Bonchev–Trinajstić information content (AvgIpc) is 2.18. The van der Waals surface area contributed by atoms with Gasteiger partial charge in [-0.3, -0.25) is 4.98 Å². The van der Waals surface area contributed by atoms with Crippen LogP contribution in [0.2, 0.25) is 0 Å². The maximum absolute atomic E-state index is 6.00. The van der Waals surface area contributed by atoms with Gasteiger partial charge in [0.1, 0.15) is 0 Å². The molecule has 1 atom stereocenters. The first-order chi connectivity index (χ1) is 6.31. The molecular weight excluding hydrogens is 160 g/mol. The molecule has 2 N–H and O–H groups in total. The molecule has 0 bridgehead atoms. The van der Waals surface area contributed by atoms with Crippen LogP contribution >= 0.6 is 0 Å². The maximum Gasteiger partial charge on any atom is 0.0454 e. The van der Waals surface area contributed by atoms with E-state index in [1.165, 1.54) is 23.4 Å². The second-order valence-electron chi connectivity index (χ2n) is 3.69. The summed E-state index contributed by atoms with van der Waals surface area (Å²) >= 11 is 0. The zero-order chi connectivity index (χ0) is 9.26. The van der Waals surface area contributed by atoms with Crippen LogP contribution in [-0.2, 0) is 12.8 Å². The van der Waals surface area contributed by atoms with Crippen molar-refractivity contribution >= 4 is 0 Å². The molecule has 1 aromatic rings. The first kappa shape index (κ1) is 8.70. The first-order valence-electron chi connectivity index (χ1n) is 5.05. The molecule has 2 rings (SSSR count). The standard InChI is InChI=1S/C11H16N2/c1-2-8-6-7-9-10(12)4-3-5-11(9)13-8/h6-7,10H,2-5,12H2,1H3. The third kappa shape index (κ3) is 1.59. The molecule has 0 radical (unpaired) electrons. The Labute approximate surface area is 79.2 Å². The minimum Gasteiger partial charge on any atom is -0.324 e. The lowest BCUT2D eigenvalue weighted by atomic mass is 9.91. The Morgan fingerprint density at radius 2 is 2.38 bits per heavy atom. The van der Waals surface area contributed by atoms with Crippen LogP contribution in [0.5, 0.6) is 0 Å². The summed E-state index contributed by atoms with van der Waals surface area (Å²) in [6.07, 6.45) is 4.42. The maximum atomic E-state index is 6.00. The highest BCUT2D eigenvalue weighted by molar-refractivity contribution is 5.28. The zero-order valence-corrected chi connectivity index (χ0v) is 8.09. The fourth-order valence-electron chi connectivity index (χ4n) is 1.94. The van der Waals surface area contributed by atoms with Crippen LogP contribution in [0.25, 0.3) is 0 Å². The second kappa shape index (κ2) is 3.46. The minimum atomic E-state index is 0.224. The fraction of sp³-hybridized carbons (Fsp3) is 0.545. The number of nitrogens with two attached hydrogens (primary N) is 1. The fourth-order valence-corrected chi connectivity index (χ4v) is 1.94. The van der Waals surface area contributed by atoms with Crippen LogP contribution < -0.4 is 5.73 Å². The molecule has 1 aliphatic rings. The summed E-state index contributed by atoms with van der Waals surface area (Å²) in [5.41, 5.74) is 9.69. The van der Waals surface area contributed by atoms with E-state index in [9.17, 15) is 0 Å². The average molecular weight is 176 g/mol. The zero-order valence-electron chi connectivity index (χ0n) is 8.09. The quantitative estimate of drug-likeness (QED) is 0.710. The van der Waals surface area contributed by atoms with Crippen molar-refractivity contribution in [3.05, 3.63) is 29.1 Å². The number of hydrogen-bond acceptors (Lipinski definition) is 2. The summed E-state index contributed by atoms with van der Waals surface area (Å²) in [6.45, 7) is 2.14. The van der Waals surface area contributed by atoms with E-state index in [0.717, 1.165) is 19.3 Å². The molecule has 70 valence electrons. The number of pyridine rings is 1. The molecule has 13 heavy (non-hydrogen) atoms. The molecule has 1 heterocycles. The van der Waals surface area contributed by atoms with Crippen LogP contribution in [0.1, 0.15) is 42.8 Å². The van der Waals surface area contributed by atoms with Crippen molar-refractivity contribution in [3.63, 3.8) is 0 Å². The van der Waals surface area contributed by atoms with E-state index in [0.29, 0.717) is 0 Å². The highest BCUT2D eigenvalue weighted by Gasteiger charge is 2.17. The number of aromatic nitrogens is 1. The molecule has 2 nitrogen and oxygen atoms in total. The molecule has 1 aromatic heterocycles. The lowest BCUT2D eigenvalue weighted by Gasteiger charge is -2.21. The normalized spacial score (nSPS) is 21.2. The summed E-state index contributed by atoms with van der Waals surface area (Å²) in [6, 6.07) is 4.48. The van der Waals surface area contributed by atoms with Crippen molar-refractivity contribution < 1.29 is 0 Å². The molecule has 0 aromatic carbocycles. The van der Waals surface area contributed by atoms with Gasteiger partial charge in [0, 0.05) is 17.4 Å². The van der Waals surface area contributed by atoms with Crippen molar-refractivity contribution in [2.45, 2.75) is 38.6 Å². The van der Waals surface area contributed by atoms with Crippen molar-refractivity contribution in [1.29, 1.82) is 0 Å². The summed E-state index contributed by atoms with van der Waals surface area (Å²) in [4.78, 5) is 4.60. The van der Waals surface area contributed by atoms with Gasteiger partial charge in [-0.15, -0.1) is 0 Å². The molecule has 0 saturated carbocycles. The van der Waals surface area contributed by atoms with Gasteiger partial charge in [-0.2, -0.15) is 0 Å². The number of aryl methyl sites for hydroxylation is 2. The van der Waals surface area contributed by atoms with Crippen molar-refractivity contribution in [2.75, 3.05) is 0 Å². The van der Waals surface area contributed by atoms with Gasteiger partial charge < -0.3 is 5.73 Å². The largest absolute Gasteiger partial charge is 0.324 e. The van der Waals surface area contributed by atoms with Crippen LogP contribution in [-0.4, -0.2) is 4.98 Å². The van der Waals surface area contributed by atoms with Crippen molar-refractivity contribution in [2.24, 2.45) is 5.73 Å². The van der Waals surface area contributed by atoms with Crippen LogP contribution in [0.4, 0.5) is 0 Å². The predicted molar refractivity (Wildman–Crippen MR) is 53.5 cm³/mol. The van der Waals surface area contributed by atoms with E-state index in [2.05, 4.69) is 24.0 Å². The minimum absolute atomic E-state index is 0.224. The molecule has 1 unspecified atom stereocenters. The monoisotopic (exact) mass is 176 g/mol. The van der Waals surface area contributed by atoms with Crippen LogP contribution in [0.3, 0.4) is 0 Å². The first-order valence-corrected chi connectivity index (χ1v) is 5.05. The third-order valence-corrected chi connectivity index (χ3v) is 2.76. The van der Waals surface area contributed by atoms with E-state index in [1.54, 1.807) is 0 Å². The Hall–Kier alpha value is -0.890. The topological polar surface area (TPSA) is 38.9 Å². The number of hydrogen-bond donors (Lipinski definition) is 1. The van der Waals surface area contributed by atoms with Crippen molar-refractivity contribution in [3.8, 4) is 0 Å². The Balaban J connectivity index is 2.39. The SMILES string of the molecule is CCc1ccc2c(n1)CCCC2N. The number of nitrogens with zero attached hydrogens (tertiary/aromatic N) is 1. The third-order valence-electron chi connectivity index (χ3n) is 2.76. The molecule has 0 amide bonds. The number of fused-ring (bicyclic) bond motifs is 1. The van der Waals surface area contributed by atoms with Crippen molar-refractivity contribution in [1.82, 2.24) is 4.98 Å². The highest BCUT2D eigenvalue weighted by atomic mass is 14.7.